The van der Waals surface area contributed by atoms with Crippen molar-refractivity contribution in [3.05, 3.63) is 59.9 Å². The van der Waals surface area contributed by atoms with Crippen molar-refractivity contribution in [1.82, 2.24) is 0 Å². The number of halogens is 1. The van der Waals surface area contributed by atoms with Crippen LogP contribution in [0.4, 0.5) is 10.1 Å². The first-order valence-corrected chi connectivity index (χ1v) is 5.28. The Morgan fingerprint density at radius 3 is 2.28 bits per heavy atom. The molecule has 0 aliphatic carbocycles. The Hall–Kier alpha value is -2.49. The third-order valence-electron chi connectivity index (χ3n) is 2.25. The van der Waals surface area contributed by atoms with Crippen LogP contribution in [0.25, 0.3) is 0 Å². The number of benzene rings is 2. The van der Waals surface area contributed by atoms with E-state index in [0.717, 1.165) is 5.56 Å². The molecule has 0 fully saturated rings. The minimum Gasteiger partial charge on any atom is -0.429 e. The highest BCUT2D eigenvalue weighted by Crippen LogP contribution is 2.14. The van der Waals surface area contributed by atoms with Crippen LogP contribution in [0.1, 0.15) is 5.56 Å². The van der Waals surface area contributed by atoms with Crippen LogP contribution in [0.5, 0.6) is 5.75 Å². The molecule has 3 nitrogen and oxygen atoms in total. The largest absolute Gasteiger partial charge is 0.429 e. The summed E-state index contributed by atoms with van der Waals surface area (Å²) in [5, 5.41) is 0. The smallest absolute Gasteiger partial charge is 0.298 e. The summed E-state index contributed by atoms with van der Waals surface area (Å²) in [7, 11) is 0. The fourth-order valence-corrected chi connectivity index (χ4v) is 1.36. The molecule has 2 aromatic rings. The van der Waals surface area contributed by atoms with Gasteiger partial charge in [-0.2, -0.15) is 0 Å². The van der Waals surface area contributed by atoms with Gasteiger partial charge in [-0.05, 0) is 54.1 Å². The molecule has 0 saturated heterocycles. The summed E-state index contributed by atoms with van der Waals surface area (Å²) < 4.78 is 17.3. The number of ether oxygens (including phenoxy) is 1. The van der Waals surface area contributed by atoms with Gasteiger partial charge in [0.05, 0.1) is 5.69 Å². The van der Waals surface area contributed by atoms with Crippen LogP contribution in [0.15, 0.2) is 53.5 Å². The van der Waals surface area contributed by atoms with E-state index < -0.39 is 0 Å². The van der Waals surface area contributed by atoms with Gasteiger partial charge in [-0.15, -0.1) is 0 Å². The maximum absolute atomic E-state index is 12.7. The average molecular weight is 243 g/mol. The lowest BCUT2D eigenvalue weighted by atomic mass is 10.2. The highest BCUT2D eigenvalue weighted by atomic mass is 19.1. The molecule has 0 aliphatic heterocycles. The second kappa shape index (κ2) is 5.72. The minimum absolute atomic E-state index is 0.288. The molecule has 0 amide bonds. The van der Waals surface area contributed by atoms with Gasteiger partial charge in [-0.1, -0.05) is 0 Å². The molecule has 0 N–H and O–H groups in total. The molecule has 4 heteroatoms. The summed E-state index contributed by atoms with van der Waals surface area (Å²) in [4.78, 5) is 14.3. The summed E-state index contributed by atoms with van der Waals surface area (Å²) in [6.45, 7) is 0.377. The van der Waals surface area contributed by atoms with E-state index in [4.69, 9.17) is 0 Å². The second-order valence-corrected chi connectivity index (χ2v) is 3.52. The van der Waals surface area contributed by atoms with Gasteiger partial charge in [0.15, 0.2) is 0 Å². The van der Waals surface area contributed by atoms with E-state index in [2.05, 4.69) is 9.73 Å². The molecule has 0 spiro atoms. The number of nitrogens with zero attached hydrogens (tertiary/aromatic N) is 1. The van der Waals surface area contributed by atoms with E-state index in [0.29, 0.717) is 17.9 Å². The molecular formula is C14H10FNO2. The molecule has 0 radical (unpaired) electrons. The SMILES string of the molecule is O=COc1ccc(C=Nc2ccc(F)cc2)cc1. The van der Waals surface area contributed by atoms with Crippen molar-refractivity contribution in [1.29, 1.82) is 0 Å². The molecule has 0 bridgehead atoms. The predicted molar refractivity (Wildman–Crippen MR) is 66.8 cm³/mol. The molecule has 2 aromatic carbocycles. The van der Waals surface area contributed by atoms with Gasteiger partial charge >= 0.3 is 0 Å². The molecule has 0 aromatic heterocycles. The topological polar surface area (TPSA) is 38.7 Å². The Kier molecular flexibility index (Phi) is 3.81. The molecule has 0 unspecified atom stereocenters. The number of rotatable bonds is 4. The maximum Gasteiger partial charge on any atom is 0.298 e. The van der Waals surface area contributed by atoms with Crippen LogP contribution in [-0.2, 0) is 4.79 Å². The summed E-state index contributed by atoms with van der Waals surface area (Å²) in [6.07, 6.45) is 1.65. The molecule has 2 rings (SSSR count). The first-order valence-electron chi connectivity index (χ1n) is 5.28. The van der Waals surface area contributed by atoms with Crippen molar-refractivity contribution in [2.45, 2.75) is 0 Å². The van der Waals surface area contributed by atoms with Crippen molar-refractivity contribution in [3.8, 4) is 5.75 Å². The van der Waals surface area contributed by atoms with Gasteiger partial charge in [-0.3, -0.25) is 9.79 Å². The van der Waals surface area contributed by atoms with Gasteiger partial charge < -0.3 is 4.74 Å². The van der Waals surface area contributed by atoms with Crippen molar-refractivity contribution >= 4 is 18.4 Å². The lowest BCUT2D eigenvalue weighted by molar-refractivity contribution is -0.120. The first kappa shape index (κ1) is 12.0. The Bertz CT molecular complexity index is 547. The lowest BCUT2D eigenvalue weighted by Gasteiger charge is -1.97. The van der Waals surface area contributed by atoms with E-state index in [-0.39, 0.29) is 5.82 Å². The Balaban J connectivity index is 2.08. The number of aliphatic imine (C=N–C) groups is 1. The zero-order chi connectivity index (χ0) is 12.8. The standard InChI is InChI=1S/C14H10FNO2/c15-12-3-5-13(6-4-12)16-9-11-1-7-14(8-2-11)18-10-17/h1-10H. The maximum atomic E-state index is 12.7. The van der Waals surface area contributed by atoms with Crippen molar-refractivity contribution in [2.24, 2.45) is 4.99 Å². The van der Waals surface area contributed by atoms with Crippen LogP contribution in [0.2, 0.25) is 0 Å². The fraction of sp³-hybridized carbons (Fsp3) is 0. The van der Waals surface area contributed by atoms with Crippen LogP contribution >= 0.6 is 0 Å². The van der Waals surface area contributed by atoms with Gasteiger partial charge in [-0.25, -0.2) is 4.39 Å². The zero-order valence-electron chi connectivity index (χ0n) is 9.42. The quantitative estimate of drug-likeness (QED) is 0.611. The number of hydrogen-bond acceptors (Lipinski definition) is 3. The van der Waals surface area contributed by atoms with Crippen LogP contribution in [0, 0.1) is 5.82 Å². The minimum atomic E-state index is -0.288. The van der Waals surface area contributed by atoms with Crippen LogP contribution in [-0.4, -0.2) is 12.7 Å². The molecule has 18 heavy (non-hydrogen) atoms. The first-order chi connectivity index (χ1) is 8.78. The highest BCUT2D eigenvalue weighted by Gasteiger charge is 1.93. The van der Waals surface area contributed by atoms with E-state index in [9.17, 15) is 9.18 Å². The number of carbonyl (C=O) groups excluding carboxylic acids is 1. The van der Waals surface area contributed by atoms with Crippen LogP contribution < -0.4 is 4.74 Å². The molecule has 0 heterocycles. The van der Waals surface area contributed by atoms with Crippen LogP contribution in [0.3, 0.4) is 0 Å². The zero-order valence-corrected chi connectivity index (χ0v) is 9.42. The third-order valence-corrected chi connectivity index (χ3v) is 2.25. The normalized spacial score (nSPS) is 10.5. The Morgan fingerprint density at radius 1 is 1.00 bits per heavy atom. The van der Waals surface area contributed by atoms with Gasteiger partial charge in [0.2, 0.25) is 0 Å². The molecule has 0 saturated carbocycles. The van der Waals surface area contributed by atoms with E-state index in [1.165, 1.54) is 12.1 Å². The van der Waals surface area contributed by atoms with Gasteiger partial charge in [0.25, 0.3) is 6.47 Å². The number of hydrogen-bond donors (Lipinski definition) is 0. The van der Waals surface area contributed by atoms with E-state index >= 15 is 0 Å². The molecular weight excluding hydrogens is 233 g/mol. The molecule has 0 aliphatic rings. The van der Waals surface area contributed by atoms with E-state index in [1.807, 2.05) is 0 Å². The number of carbonyl (C=O) groups is 1. The summed E-state index contributed by atoms with van der Waals surface area (Å²) in [5.41, 5.74) is 1.53. The predicted octanol–water partition coefficient (Wildman–Crippen LogP) is 3.11. The van der Waals surface area contributed by atoms with E-state index in [1.54, 1.807) is 42.6 Å². The monoisotopic (exact) mass is 243 g/mol. The lowest BCUT2D eigenvalue weighted by Crippen LogP contribution is -1.88. The Morgan fingerprint density at radius 2 is 1.67 bits per heavy atom. The molecule has 90 valence electrons. The second-order valence-electron chi connectivity index (χ2n) is 3.52. The van der Waals surface area contributed by atoms with Crippen molar-refractivity contribution in [3.63, 3.8) is 0 Å². The fourth-order valence-electron chi connectivity index (χ4n) is 1.36. The highest BCUT2D eigenvalue weighted by molar-refractivity contribution is 5.82. The molecule has 0 atom stereocenters. The van der Waals surface area contributed by atoms with Gasteiger partial charge in [0, 0.05) is 6.21 Å². The van der Waals surface area contributed by atoms with Gasteiger partial charge in [0.1, 0.15) is 11.6 Å². The van der Waals surface area contributed by atoms with Crippen molar-refractivity contribution in [2.75, 3.05) is 0 Å². The summed E-state index contributed by atoms with van der Waals surface area (Å²) >= 11 is 0. The average Bonchev–Trinajstić information content (AvgIpc) is 2.40. The van der Waals surface area contributed by atoms with Crippen molar-refractivity contribution < 1.29 is 13.9 Å². The summed E-state index contributed by atoms with van der Waals surface area (Å²) in [5.74, 6) is 0.188. The third kappa shape index (κ3) is 3.25. The Labute approximate surface area is 104 Å². The summed E-state index contributed by atoms with van der Waals surface area (Å²) in [6, 6.07) is 12.8.